The van der Waals surface area contributed by atoms with Gasteiger partial charge in [0.05, 0.1) is 11.0 Å². The van der Waals surface area contributed by atoms with E-state index in [0.29, 0.717) is 18.4 Å². The van der Waals surface area contributed by atoms with Crippen molar-refractivity contribution in [2.45, 2.75) is 50.7 Å². The second-order valence-electron chi connectivity index (χ2n) is 6.51. The molecule has 0 bridgehead atoms. The molecule has 0 heterocycles. The SMILES string of the molecule is C[C@H](OC(=O)/C=C/c1cccc([N+](=O)[O-])c1)C(=O)NC1(C#N)CCCCC1. The molecule has 1 aromatic carbocycles. The fraction of sp³-hybridized carbons (Fsp3) is 0.421. The van der Waals surface area contributed by atoms with Gasteiger partial charge in [0.25, 0.3) is 11.6 Å². The van der Waals surface area contributed by atoms with Gasteiger partial charge in [0.2, 0.25) is 0 Å². The van der Waals surface area contributed by atoms with Crippen molar-refractivity contribution in [2.75, 3.05) is 0 Å². The summed E-state index contributed by atoms with van der Waals surface area (Å²) in [5.41, 5.74) is -0.522. The van der Waals surface area contributed by atoms with Gasteiger partial charge in [0.15, 0.2) is 6.10 Å². The van der Waals surface area contributed by atoms with E-state index in [9.17, 15) is 25.0 Å². The number of carbonyl (C=O) groups is 2. The fourth-order valence-electron chi connectivity index (χ4n) is 2.93. The summed E-state index contributed by atoms with van der Waals surface area (Å²) in [6, 6.07) is 7.95. The minimum atomic E-state index is -1.06. The fourth-order valence-corrected chi connectivity index (χ4v) is 2.93. The lowest BCUT2D eigenvalue weighted by molar-refractivity contribution is -0.384. The number of non-ortho nitro benzene ring substituents is 1. The van der Waals surface area contributed by atoms with Crippen LogP contribution in [0.4, 0.5) is 5.69 Å². The van der Waals surface area contributed by atoms with E-state index in [0.717, 1.165) is 25.3 Å². The lowest BCUT2D eigenvalue weighted by atomic mass is 9.83. The second-order valence-corrected chi connectivity index (χ2v) is 6.51. The third kappa shape index (κ3) is 5.64. The lowest BCUT2D eigenvalue weighted by Crippen LogP contribution is -2.52. The molecule has 0 spiro atoms. The zero-order valence-corrected chi connectivity index (χ0v) is 15.0. The number of benzene rings is 1. The van der Waals surface area contributed by atoms with Crippen LogP contribution in [0.3, 0.4) is 0 Å². The average molecular weight is 371 g/mol. The summed E-state index contributed by atoms with van der Waals surface area (Å²) in [4.78, 5) is 34.4. The lowest BCUT2D eigenvalue weighted by Gasteiger charge is -2.32. The number of nitriles is 1. The van der Waals surface area contributed by atoms with Gasteiger partial charge < -0.3 is 10.1 Å². The Morgan fingerprint density at radius 1 is 1.37 bits per heavy atom. The molecule has 1 amide bonds. The minimum Gasteiger partial charge on any atom is -0.449 e. The van der Waals surface area contributed by atoms with Crippen molar-refractivity contribution in [1.82, 2.24) is 5.32 Å². The monoisotopic (exact) mass is 371 g/mol. The predicted octanol–water partition coefficient (Wildman–Crippen LogP) is 2.88. The molecule has 1 saturated carbocycles. The molecule has 1 aliphatic carbocycles. The summed E-state index contributed by atoms with van der Waals surface area (Å²) in [6.45, 7) is 1.43. The standard InChI is InChI=1S/C19H21N3O5/c1-14(18(24)21-19(13-20)10-3-2-4-11-19)27-17(23)9-8-15-6-5-7-16(12-15)22(25)26/h5-9,12,14H,2-4,10-11H2,1H3,(H,21,24)/b9-8+/t14-/m0/s1. The Balaban J connectivity index is 1.92. The highest BCUT2D eigenvalue weighted by molar-refractivity contribution is 5.90. The number of nitro groups is 1. The van der Waals surface area contributed by atoms with Gasteiger partial charge in [0, 0.05) is 18.2 Å². The Morgan fingerprint density at radius 3 is 2.70 bits per heavy atom. The van der Waals surface area contributed by atoms with Crippen LogP contribution in [0.2, 0.25) is 0 Å². The third-order valence-corrected chi connectivity index (χ3v) is 4.44. The van der Waals surface area contributed by atoms with Gasteiger partial charge in [-0.3, -0.25) is 14.9 Å². The molecular weight excluding hydrogens is 350 g/mol. The number of carbonyl (C=O) groups excluding carboxylic acids is 2. The van der Waals surface area contributed by atoms with E-state index in [-0.39, 0.29) is 5.69 Å². The Bertz CT molecular complexity index is 791. The van der Waals surface area contributed by atoms with Crippen molar-refractivity contribution >= 4 is 23.6 Å². The van der Waals surface area contributed by atoms with E-state index < -0.39 is 28.4 Å². The van der Waals surface area contributed by atoms with E-state index in [1.165, 1.54) is 31.2 Å². The van der Waals surface area contributed by atoms with Crippen LogP contribution in [0, 0.1) is 21.4 Å². The zero-order valence-electron chi connectivity index (χ0n) is 15.0. The highest BCUT2D eigenvalue weighted by atomic mass is 16.6. The van der Waals surface area contributed by atoms with Gasteiger partial charge in [-0.1, -0.05) is 31.4 Å². The minimum absolute atomic E-state index is 0.0902. The number of esters is 1. The highest BCUT2D eigenvalue weighted by Crippen LogP contribution is 2.27. The molecule has 1 aromatic rings. The molecule has 1 fully saturated rings. The molecular formula is C19H21N3O5. The van der Waals surface area contributed by atoms with Crippen LogP contribution >= 0.6 is 0 Å². The Morgan fingerprint density at radius 2 is 2.07 bits per heavy atom. The van der Waals surface area contributed by atoms with Crippen molar-refractivity contribution in [2.24, 2.45) is 0 Å². The summed E-state index contributed by atoms with van der Waals surface area (Å²) in [7, 11) is 0. The van der Waals surface area contributed by atoms with Crippen molar-refractivity contribution in [3.8, 4) is 6.07 Å². The van der Waals surface area contributed by atoms with Gasteiger partial charge in [0.1, 0.15) is 5.54 Å². The molecule has 0 radical (unpaired) electrons. The first kappa shape index (κ1) is 20.1. The molecule has 142 valence electrons. The number of rotatable bonds is 6. The number of nitrogens with one attached hydrogen (secondary N) is 1. The van der Waals surface area contributed by atoms with Crippen LogP contribution in [-0.2, 0) is 14.3 Å². The summed E-state index contributed by atoms with van der Waals surface area (Å²) in [6.07, 6.45) is 5.36. The molecule has 27 heavy (non-hydrogen) atoms. The zero-order chi connectivity index (χ0) is 19.9. The topological polar surface area (TPSA) is 122 Å². The van der Waals surface area contributed by atoms with Crippen LogP contribution in [0.1, 0.15) is 44.6 Å². The molecule has 0 aromatic heterocycles. The molecule has 0 unspecified atom stereocenters. The van der Waals surface area contributed by atoms with Crippen LogP contribution in [-0.4, -0.2) is 28.4 Å². The van der Waals surface area contributed by atoms with E-state index in [1.807, 2.05) is 0 Å². The number of amides is 1. The van der Waals surface area contributed by atoms with Gasteiger partial charge >= 0.3 is 5.97 Å². The Kier molecular flexibility index (Phi) is 6.66. The quantitative estimate of drug-likeness (QED) is 0.355. The summed E-state index contributed by atoms with van der Waals surface area (Å²) in [5, 5.41) is 22.8. The summed E-state index contributed by atoms with van der Waals surface area (Å²) >= 11 is 0. The number of nitrogens with zero attached hydrogens (tertiary/aromatic N) is 2. The summed E-state index contributed by atoms with van der Waals surface area (Å²) in [5.74, 6) is -1.27. The molecule has 8 nitrogen and oxygen atoms in total. The van der Waals surface area contributed by atoms with Gasteiger partial charge in [-0.15, -0.1) is 0 Å². The normalized spacial score (nSPS) is 16.9. The number of hydrogen-bond donors (Lipinski definition) is 1. The van der Waals surface area contributed by atoms with Crippen molar-refractivity contribution in [3.05, 3.63) is 46.0 Å². The molecule has 1 N–H and O–H groups in total. The van der Waals surface area contributed by atoms with Crippen molar-refractivity contribution < 1.29 is 19.2 Å². The number of hydrogen-bond acceptors (Lipinski definition) is 6. The first-order chi connectivity index (χ1) is 12.8. The van der Waals surface area contributed by atoms with Gasteiger partial charge in [-0.05, 0) is 31.4 Å². The molecule has 0 saturated heterocycles. The van der Waals surface area contributed by atoms with E-state index >= 15 is 0 Å². The maximum atomic E-state index is 12.3. The highest BCUT2D eigenvalue weighted by Gasteiger charge is 2.35. The van der Waals surface area contributed by atoms with Gasteiger partial charge in [-0.2, -0.15) is 5.26 Å². The smallest absolute Gasteiger partial charge is 0.331 e. The number of ether oxygens (including phenoxy) is 1. The van der Waals surface area contributed by atoms with Gasteiger partial charge in [-0.25, -0.2) is 4.79 Å². The van der Waals surface area contributed by atoms with E-state index in [1.54, 1.807) is 6.07 Å². The second kappa shape index (κ2) is 8.94. The van der Waals surface area contributed by atoms with E-state index in [2.05, 4.69) is 11.4 Å². The Hall–Kier alpha value is -3.21. The summed E-state index contributed by atoms with van der Waals surface area (Å²) < 4.78 is 5.06. The molecule has 1 atom stereocenters. The first-order valence-electron chi connectivity index (χ1n) is 8.72. The number of nitro benzene ring substituents is 1. The first-order valence-corrected chi connectivity index (χ1v) is 8.72. The maximum absolute atomic E-state index is 12.3. The van der Waals surface area contributed by atoms with Crippen LogP contribution in [0.25, 0.3) is 6.08 Å². The Labute approximate surface area is 157 Å². The molecule has 2 rings (SSSR count). The maximum Gasteiger partial charge on any atom is 0.331 e. The molecule has 0 aliphatic heterocycles. The largest absolute Gasteiger partial charge is 0.449 e. The predicted molar refractivity (Wildman–Crippen MR) is 97.3 cm³/mol. The average Bonchev–Trinajstić information content (AvgIpc) is 2.67. The molecule has 1 aliphatic rings. The van der Waals surface area contributed by atoms with Crippen molar-refractivity contribution in [3.63, 3.8) is 0 Å². The third-order valence-electron chi connectivity index (χ3n) is 4.44. The van der Waals surface area contributed by atoms with Crippen LogP contribution in [0.5, 0.6) is 0 Å². The molecule has 8 heteroatoms. The van der Waals surface area contributed by atoms with E-state index in [4.69, 9.17) is 4.74 Å². The van der Waals surface area contributed by atoms with Crippen molar-refractivity contribution in [1.29, 1.82) is 5.26 Å². The van der Waals surface area contributed by atoms with Crippen LogP contribution < -0.4 is 5.32 Å². The van der Waals surface area contributed by atoms with Crippen LogP contribution in [0.15, 0.2) is 30.3 Å².